The minimum atomic E-state index is -3.96. The van der Waals surface area contributed by atoms with E-state index in [0.29, 0.717) is 16.7 Å². The molecule has 0 saturated heterocycles. The number of ether oxygens (including phenoxy) is 1. The Balaban J connectivity index is 0.00000324. The van der Waals surface area contributed by atoms with E-state index in [2.05, 4.69) is 15.0 Å². The number of rotatable bonds is 7. The summed E-state index contributed by atoms with van der Waals surface area (Å²) in [5.41, 5.74) is 0.538. The van der Waals surface area contributed by atoms with E-state index in [0.717, 1.165) is 0 Å². The predicted octanol–water partition coefficient (Wildman–Crippen LogP) is 2.30. The third-order valence-electron chi connectivity index (χ3n) is 4.85. The van der Waals surface area contributed by atoms with Gasteiger partial charge in [0.1, 0.15) is 11.3 Å². The summed E-state index contributed by atoms with van der Waals surface area (Å²) in [6, 6.07) is 8.10. The largest absolute Gasteiger partial charge is 0.424 e. The maximum Gasteiger partial charge on any atom is 0.340 e. The van der Waals surface area contributed by atoms with Gasteiger partial charge in [0.05, 0.1) is 0 Å². The van der Waals surface area contributed by atoms with Crippen molar-refractivity contribution in [3.63, 3.8) is 0 Å². The fraction of sp³-hybridized carbons (Fsp3) is 0.143. The molecule has 0 bridgehead atoms. The first kappa shape index (κ1) is 26.3. The quantitative estimate of drug-likeness (QED) is 0.286. The summed E-state index contributed by atoms with van der Waals surface area (Å²) in [5, 5.41) is 0.636. The molecule has 0 fully saturated rings. The van der Waals surface area contributed by atoms with Crippen molar-refractivity contribution in [3.8, 4) is 11.8 Å². The first-order valence-corrected chi connectivity index (χ1v) is 11.1. The van der Waals surface area contributed by atoms with Gasteiger partial charge >= 0.3 is 11.6 Å². The van der Waals surface area contributed by atoms with Crippen molar-refractivity contribution in [2.45, 2.75) is 13.3 Å². The number of fused-ring (bicyclic) bond motifs is 1. The molecule has 3 heterocycles. The molecule has 2 N–H and O–H groups in total. The zero-order valence-electron chi connectivity index (χ0n) is 18.5. The van der Waals surface area contributed by atoms with Crippen LogP contribution in [0.3, 0.4) is 0 Å². The molecule has 1 aromatic carbocycles. The minimum absolute atomic E-state index is 0. The number of benzene rings is 1. The minimum Gasteiger partial charge on any atom is -0.424 e. The van der Waals surface area contributed by atoms with Gasteiger partial charge < -0.3 is 9.15 Å². The number of hydrogen-bond donors (Lipinski definition) is 2. The Bertz CT molecular complexity index is 1500. The first-order valence-electron chi connectivity index (χ1n) is 9.63. The van der Waals surface area contributed by atoms with Crippen LogP contribution < -0.4 is 19.8 Å². The smallest absolute Gasteiger partial charge is 0.340 e. The maximum atomic E-state index is 14.9. The van der Waals surface area contributed by atoms with Gasteiger partial charge in [-0.05, 0) is 42.3 Å². The Hall–Kier alpha value is -2.26. The van der Waals surface area contributed by atoms with Crippen molar-refractivity contribution in [3.05, 3.63) is 81.9 Å². The molecular formula is C21H18FKN5O5S. The Morgan fingerprint density at radius 1 is 1.12 bits per heavy atom. The van der Waals surface area contributed by atoms with E-state index in [4.69, 9.17) is 9.15 Å². The predicted molar refractivity (Wildman–Crippen MR) is 124 cm³/mol. The van der Waals surface area contributed by atoms with E-state index >= 15 is 0 Å². The van der Waals surface area contributed by atoms with Crippen LogP contribution in [0.4, 0.5) is 10.2 Å². The van der Waals surface area contributed by atoms with Crippen molar-refractivity contribution in [2.75, 3.05) is 11.8 Å². The van der Waals surface area contributed by atoms with Gasteiger partial charge in [0.2, 0.25) is 0 Å². The molecule has 1 radical (unpaired) electrons. The second-order valence-electron chi connectivity index (χ2n) is 6.90. The van der Waals surface area contributed by atoms with Crippen molar-refractivity contribution >= 4 is 78.4 Å². The topological polar surface area (TPSA) is 136 Å². The number of halogens is 1. The summed E-state index contributed by atoms with van der Waals surface area (Å²) in [6.45, 7) is 1.72. The first-order chi connectivity index (χ1) is 15.8. The summed E-state index contributed by atoms with van der Waals surface area (Å²) in [6.07, 6.45) is 4.20. The van der Waals surface area contributed by atoms with Crippen molar-refractivity contribution in [1.82, 2.24) is 19.7 Å². The van der Waals surface area contributed by atoms with Gasteiger partial charge in [-0.2, -0.15) is 8.42 Å². The van der Waals surface area contributed by atoms with Crippen LogP contribution in [0.1, 0.15) is 16.7 Å². The molecule has 0 saturated carbocycles. The monoisotopic (exact) mass is 510 g/mol. The number of hydrogen-bond acceptors (Lipinski definition) is 8. The fourth-order valence-corrected chi connectivity index (χ4v) is 3.64. The van der Waals surface area contributed by atoms with Gasteiger partial charge in [0, 0.05) is 100 Å². The van der Waals surface area contributed by atoms with Gasteiger partial charge in [0.15, 0.2) is 11.6 Å². The normalized spacial score (nSPS) is 11.1. The van der Waals surface area contributed by atoms with E-state index in [1.54, 1.807) is 31.2 Å². The van der Waals surface area contributed by atoms with Gasteiger partial charge in [-0.1, -0.05) is 0 Å². The molecule has 13 heteroatoms. The fourth-order valence-electron chi connectivity index (χ4n) is 3.15. The molecule has 4 rings (SSSR count). The van der Waals surface area contributed by atoms with Crippen LogP contribution in [0.2, 0.25) is 0 Å². The van der Waals surface area contributed by atoms with Crippen LogP contribution in [-0.4, -0.2) is 81.8 Å². The average molecular weight is 511 g/mol. The van der Waals surface area contributed by atoms with Crippen molar-refractivity contribution in [1.29, 1.82) is 0 Å². The standard InChI is InChI=1S/C21H18FN5O5S.K/c1-12-15-5-4-14(31-21-25-7-3-8-26-21)11-17(15)32-20(28)16(12)10-13-6-9-24-19(18(13)22)27-33(29,30)23-2;/h3-9,11,23H,10H2,1-2H3,(H,24,27);. The molecule has 0 atom stereocenters. The summed E-state index contributed by atoms with van der Waals surface area (Å²) < 4.78 is 53.3. The summed E-state index contributed by atoms with van der Waals surface area (Å²) in [4.78, 5) is 24.4. The van der Waals surface area contributed by atoms with Crippen LogP contribution in [0, 0.1) is 12.7 Å². The number of aryl methyl sites for hydroxylation is 1. The number of nitrogens with one attached hydrogen (secondary N) is 2. The van der Waals surface area contributed by atoms with Gasteiger partial charge in [-0.3, -0.25) is 4.72 Å². The van der Waals surface area contributed by atoms with Gasteiger partial charge in [-0.15, -0.1) is 0 Å². The van der Waals surface area contributed by atoms with Crippen molar-refractivity contribution < 1.29 is 22.0 Å². The average Bonchev–Trinajstić information content (AvgIpc) is 2.79. The van der Waals surface area contributed by atoms with E-state index in [9.17, 15) is 17.6 Å². The molecule has 4 aromatic rings. The second-order valence-corrected chi connectivity index (χ2v) is 8.52. The second kappa shape index (κ2) is 11.0. The van der Waals surface area contributed by atoms with Crippen LogP contribution in [0.15, 0.2) is 58.1 Å². The molecule has 3 aromatic heterocycles. The Kier molecular flexibility index (Phi) is 8.51. The number of anilines is 1. The molecule has 0 unspecified atom stereocenters. The van der Waals surface area contributed by atoms with Crippen LogP contribution in [-0.2, 0) is 16.6 Å². The SMILES string of the molecule is CNS(=O)(=O)Nc1nccc(Cc2c(C)c3ccc(Oc4ncccn4)cc3oc2=O)c1F.[K]. The van der Waals surface area contributed by atoms with Crippen LogP contribution >= 0.6 is 0 Å². The Labute approximate surface area is 236 Å². The number of aromatic nitrogens is 3. The molecule has 0 amide bonds. The maximum absolute atomic E-state index is 14.9. The number of nitrogens with zero attached hydrogens (tertiary/aromatic N) is 3. The Morgan fingerprint density at radius 2 is 1.85 bits per heavy atom. The summed E-state index contributed by atoms with van der Waals surface area (Å²) in [7, 11) is -2.78. The van der Waals surface area contributed by atoms with E-state index in [1.165, 1.54) is 31.7 Å². The van der Waals surface area contributed by atoms with Crippen LogP contribution in [0.25, 0.3) is 11.0 Å². The third kappa shape index (κ3) is 5.86. The molecular weight excluding hydrogens is 492 g/mol. The molecule has 0 spiro atoms. The summed E-state index contributed by atoms with van der Waals surface area (Å²) >= 11 is 0. The van der Waals surface area contributed by atoms with E-state index < -0.39 is 27.5 Å². The van der Waals surface area contributed by atoms with Gasteiger partial charge in [-0.25, -0.2) is 28.9 Å². The zero-order valence-corrected chi connectivity index (χ0v) is 22.4. The summed E-state index contributed by atoms with van der Waals surface area (Å²) in [5.74, 6) is -0.984. The van der Waals surface area contributed by atoms with E-state index in [-0.39, 0.29) is 80.5 Å². The van der Waals surface area contributed by atoms with Gasteiger partial charge in [0.25, 0.3) is 10.2 Å². The molecule has 34 heavy (non-hydrogen) atoms. The molecule has 0 aliphatic heterocycles. The molecule has 10 nitrogen and oxygen atoms in total. The van der Waals surface area contributed by atoms with Crippen LogP contribution in [0.5, 0.6) is 11.8 Å². The molecule has 0 aliphatic rings. The number of pyridine rings is 1. The zero-order chi connectivity index (χ0) is 23.6. The molecule has 171 valence electrons. The Morgan fingerprint density at radius 3 is 2.56 bits per heavy atom. The van der Waals surface area contributed by atoms with Crippen molar-refractivity contribution in [2.24, 2.45) is 0 Å². The van der Waals surface area contributed by atoms with E-state index in [1.807, 2.05) is 9.44 Å². The molecule has 0 aliphatic carbocycles. The third-order valence-corrected chi connectivity index (χ3v) is 5.85.